The molecule has 0 radical (unpaired) electrons. The Morgan fingerprint density at radius 2 is 2.41 bits per heavy atom. The van der Waals surface area contributed by atoms with E-state index in [9.17, 15) is 4.79 Å². The van der Waals surface area contributed by atoms with Gasteiger partial charge in [0, 0.05) is 13.2 Å². The smallest absolute Gasteiger partial charge is 0.269 e. The highest BCUT2D eigenvalue weighted by molar-refractivity contribution is 5.92. The topological polar surface area (TPSA) is 75.6 Å². The summed E-state index contributed by atoms with van der Waals surface area (Å²) in [5, 5.41) is 13.6. The molecule has 90 valence electrons. The summed E-state index contributed by atoms with van der Waals surface area (Å²) in [6, 6.07) is 3.63. The van der Waals surface area contributed by atoms with Crippen LogP contribution in [0.3, 0.4) is 0 Å². The quantitative estimate of drug-likeness (QED) is 0.813. The van der Waals surface area contributed by atoms with E-state index in [2.05, 4.69) is 20.6 Å². The van der Waals surface area contributed by atoms with Gasteiger partial charge in [-0.1, -0.05) is 6.92 Å². The number of aryl methyl sites for hydroxylation is 2. The van der Waals surface area contributed by atoms with Crippen LogP contribution in [0.4, 0.5) is 0 Å². The average Bonchev–Trinajstić information content (AvgIpc) is 2.94. The van der Waals surface area contributed by atoms with Gasteiger partial charge in [0.2, 0.25) is 0 Å². The molecule has 0 atom stereocenters. The van der Waals surface area contributed by atoms with Crippen molar-refractivity contribution in [2.75, 3.05) is 0 Å². The molecule has 0 aromatic carbocycles. The molecule has 0 aliphatic rings. The van der Waals surface area contributed by atoms with Gasteiger partial charge in [0.25, 0.3) is 5.91 Å². The predicted molar refractivity (Wildman–Crippen MR) is 62.3 cm³/mol. The molecule has 2 heterocycles. The van der Waals surface area contributed by atoms with Gasteiger partial charge in [-0.3, -0.25) is 14.6 Å². The molecule has 6 heteroatoms. The number of amides is 1. The summed E-state index contributed by atoms with van der Waals surface area (Å²) in [5.41, 5.74) is 2.36. The Morgan fingerprint density at radius 3 is 3.00 bits per heavy atom. The Bertz CT molecular complexity index is 500. The van der Waals surface area contributed by atoms with Crippen molar-refractivity contribution >= 4 is 5.91 Å². The maximum atomic E-state index is 11.9. The van der Waals surface area contributed by atoms with Crippen LogP contribution in [0.25, 0.3) is 0 Å². The lowest BCUT2D eigenvalue weighted by molar-refractivity contribution is 0.0941. The number of nitrogens with one attached hydrogen (secondary N) is 2. The monoisotopic (exact) mass is 233 g/mol. The maximum absolute atomic E-state index is 11.9. The van der Waals surface area contributed by atoms with Crippen LogP contribution in [0, 0.1) is 0 Å². The van der Waals surface area contributed by atoms with Crippen molar-refractivity contribution in [3.05, 3.63) is 35.4 Å². The standard InChI is InChI=1S/C11H15N5O/c1-3-8-6-10(16(2)15-8)11(17)12-7-9-4-5-13-14-9/h4-6H,3,7H2,1-2H3,(H,12,17)(H,13,14). The summed E-state index contributed by atoms with van der Waals surface area (Å²) in [4.78, 5) is 11.9. The van der Waals surface area contributed by atoms with Crippen LogP contribution >= 0.6 is 0 Å². The van der Waals surface area contributed by atoms with Crippen molar-refractivity contribution in [1.82, 2.24) is 25.3 Å². The lowest BCUT2D eigenvalue weighted by Gasteiger charge is -2.03. The van der Waals surface area contributed by atoms with Crippen molar-refractivity contribution in [2.45, 2.75) is 19.9 Å². The molecule has 0 fully saturated rings. The van der Waals surface area contributed by atoms with Crippen molar-refractivity contribution in [3.63, 3.8) is 0 Å². The largest absolute Gasteiger partial charge is 0.345 e. The summed E-state index contributed by atoms with van der Waals surface area (Å²) < 4.78 is 1.60. The highest BCUT2D eigenvalue weighted by Gasteiger charge is 2.12. The zero-order valence-electron chi connectivity index (χ0n) is 9.90. The molecule has 0 saturated heterocycles. The minimum Gasteiger partial charge on any atom is -0.345 e. The van der Waals surface area contributed by atoms with E-state index in [1.165, 1.54) is 0 Å². The maximum Gasteiger partial charge on any atom is 0.269 e. The number of carbonyl (C=O) groups is 1. The molecule has 1 amide bonds. The van der Waals surface area contributed by atoms with Gasteiger partial charge in [-0.2, -0.15) is 10.2 Å². The van der Waals surface area contributed by atoms with Gasteiger partial charge in [-0.05, 0) is 18.6 Å². The number of nitrogens with zero attached hydrogens (tertiary/aromatic N) is 3. The first-order valence-corrected chi connectivity index (χ1v) is 5.50. The third kappa shape index (κ3) is 2.52. The number of carbonyl (C=O) groups excluding carboxylic acids is 1. The number of hydrogen-bond donors (Lipinski definition) is 2. The summed E-state index contributed by atoms with van der Waals surface area (Å²) in [6.45, 7) is 2.44. The molecule has 2 aromatic heterocycles. The first kappa shape index (κ1) is 11.4. The molecule has 0 aliphatic carbocycles. The molecule has 0 bridgehead atoms. The normalized spacial score (nSPS) is 10.5. The van der Waals surface area contributed by atoms with Gasteiger partial charge >= 0.3 is 0 Å². The van der Waals surface area contributed by atoms with Gasteiger partial charge < -0.3 is 5.32 Å². The van der Waals surface area contributed by atoms with Gasteiger partial charge in [-0.15, -0.1) is 0 Å². The predicted octanol–water partition coefficient (Wildman–Crippen LogP) is 0.636. The number of rotatable bonds is 4. The number of aromatic nitrogens is 4. The third-order valence-corrected chi connectivity index (χ3v) is 2.52. The number of H-pyrrole nitrogens is 1. The van der Waals surface area contributed by atoms with Crippen LogP contribution in [0.1, 0.15) is 28.8 Å². The lowest BCUT2D eigenvalue weighted by atomic mass is 10.3. The molecule has 0 saturated carbocycles. The van der Waals surface area contributed by atoms with Crippen molar-refractivity contribution in [2.24, 2.45) is 7.05 Å². The van der Waals surface area contributed by atoms with E-state index in [1.807, 2.05) is 19.1 Å². The van der Waals surface area contributed by atoms with E-state index in [-0.39, 0.29) is 5.91 Å². The molecular formula is C11H15N5O. The zero-order chi connectivity index (χ0) is 12.3. The fourth-order valence-corrected chi connectivity index (χ4v) is 1.56. The Kier molecular flexibility index (Phi) is 3.22. The van der Waals surface area contributed by atoms with Gasteiger partial charge in [0.1, 0.15) is 5.69 Å². The summed E-state index contributed by atoms with van der Waals surface area (Å²) in [5.74, 6) is -0.130. The van der Waals surface area contributed by atoms with Crippen molar-refractivity contribution in [1.29, 1.82) is 0 Å². The second-order valence-corrected chi connectivity index (χ2v) is 3.76. The Balaban J connectivity index is 2.01. The second kappa shape index (κ2) is 4.82. The SMILES string of the molecule is CCc1cc(C(=O)NCc2ccn[nH]2)n(C)n1. The van der Waals surface area contributed by atoms with E-state index in [0.717, 1.165) is 17.8 Å². The molecular weight excluding hydrogens is 218 g/mol. The fourth-order valence-electron chi connectivity index (χ4n) is 1.56. The van der Waals surface area contributed by atoms with Gasteiger partial charge in [0.05, 0.1) is 17.9 Å². The lowest BCUT2D eigenvalue weighted by Crippen LogP contribution is -2.25. The summed E-state index contributed by atoms with van der Waals surface area (Å²) >= 11 is 0. The molecule has 0 spiro atoms. The van der Waals surface area contributed by atoms with Gasteiger partial charge in [0.15, 0.2) is 0 Å². The van der Waals surface area contributed by atoms with E-state index in [1.54, 1.807) is 17.9 Å². The molecule has 2 rings (SSSR count). The van der Waals surface area contributed by atoms with E-state index < -0.39 is 0 Å². The Labute approximate surface area is 99.0 Å². The van der Waals surface area contributed by atoms with Crippen molar-refractivity contribution < 1.29 is 4.79 Å². The second-order valence-electron chi connectivity index (χ2n) is 3.76. The number of hydrogen-bond acceptors (Lipinski definition) is 3. The number of aromatic amines is 1. The highest BCUT2D eigenvalue weighted by atomic mass is 16.2. The van der Waals surface area contributed by atoms with Crippen molar-refractivity contribution in [3.8, 4) is 0 Å². The molecule has 17 heavy (non-hydrogen) atoms. The molecule has 0 unspecified atom stereocenters. The van der Waals surface area contributed by atoms with Crippen LogP contribution in [0.2, 0.25) is 0 Å². The van der Waals surface area contributed by atoms with E-state index in [0.29, 0.717) is 12.2 Å². The fraction of sp³-hybridized carbons (Fsp3) is 0.364. The van der Waals surface area contributed by atoms with Crippen LogP contribution in [0.5, 0.6) is 0 Å². The summed E-state index contributed by atoms with van der Waals surface area (Å²) in [7, 11) is 1.77. The van der Waals surface area contributed by atoms with Crippen LogP contribution < -0.4 is 5.32 Å². The zero-order valence-corrected chi connectivity index (χ0v) is 9.90. The first-order valence-electron chi connectivity index (χ1n) is 5.50. The molecule has 0 aliphatic heterocycles. The Hall–Kier alpha value is -2.11. The van der Waals surface area contributed by atoms with E-state index in [4.69, 9.17) is 0 Å². The summed E-state index contributed by atoms with van der Waals surface area (Å²) in [6.07, 6.45) is 2.47. The minimum atomic E-state index is -0.130. The third-order valence-electron chi connectivity index (χ3n) is 2.52. The molecule has 6 nitrogen and oxygen atoms in total. The molecule has 2 aromatic rings. The highest BCUT2D eigenvalue weighted by Crippen LogP contribution is 2.04. The average molecular weight is 233 g/mol. The van der Waals surface area contributed by atoms with Gasteiger partial charge in [-0.25, -0.2) is 0 Å². The minimum absolute atomic E-state index is 0.130. The first-order chi connectivity index (χ1) is 8.20. The van der Waals surface area contributed by atoms with E-state index >= 15 is 0 Å². The Morgan fingerprint density at radius 1 is 1.59 bits per heavy atom. The van der Waals surface area contributed by atoms with Crippen LogP contribution in [0.15, 0.2) is 18.3 Å². The van der Waals surface area contributed by atoms with Crippen LogP contribution in [-0.2, 0) is 20.0 Å². The molecule has 2 N–H and O–H groups in total. The van der Waals surface area contributed by atoms with Crippen LogP contribution in [-0.4, -0.2) is 25.9 Å².